The van der Waals surface area contributed by atoms with Gasteiger partial charge in [0, 0.05) is 13.6 Å². The first-order valence-corrected chi connectivity index (χ1v) is 4.08. The number of hydrogen-bond donors (Lipinski definition) is 0. The van der Waals surface area contributed by atoms with E-state index in [1.165, 1.54) is 5.56 Å². The summed E-state index contributed by atoms with van der Waals surface area (Å²) in [4.78, 5) is 1.83. The fourth-order valence-corrected chi connectivity index (χ4v) is 1.04. The monoisotopic (exact) mass is 172 g/mol. The third-order valence-electron chi connectivity index (χ3n) is 1.85. The number of allylic oxidation sites excluding steroid dienone is 1. The fraction of sp³-hybridized carbons (Fsp3) is 0.182. The zero-order valence-electron chi connectivity index (χ0n) is 7.70. The van der Waals surface area contributed by atoms with Gasteiger partial charge in [-0.05, 0) is 5.56 Å². The molecule has 0 fully saturated rings. The molecule has 0 aliphatic carbocycles. The molecule has 0 N–H and O–H groups in total. The maximum atomic E-state index is 8.59. The summed E-state index contributed by atoms with van der Waals surface area (Å²) in [6.07, 6.45) is 0. The maximum absolute atomic E-state index is 8.59. The van der Waals surface area contributed by atoms with Crippen LogP contribution >= 0.6 is 0 Å². The van der Waals surface area contributed by atoms with Crippen molar-refractivity contribution < 1.29 is 0 Å². The molecule has 0 aliphatic rings. The van der Waals surface area contributed by atoms with Crippen molar-refractivity contribution in [1.29, 1.82) is 5.26 Å². The van der Waals surface area contributed by atoms with E-state index < -0.39 is 0 Å². The van der Waals surface area contributed by atoms with Gasteiger partial charge in [-0.25, -0.2) is 0 Å². The molecule has 0 bridgehead atoms. The molecule has 1 aromatic carbocycles. The Morgan fingerprint density at radius 2 is 2.08 bits per heavy atom. The zero-order chi connectivity index (χ0) is 9.68. The van der Waals surface area contributed by atoms with Crippen molar-refractivity contribution in [3.63, 3.8) is 0 Å². The second-order valence-corrected chi connectivity index (χ2v) is 2.90. The van der Waals surface area contributed by atoms with E-state index in [2.05, 4.69) is 6.58 Å². The average molecular weight is 172 g/mol. The quantitative estimate of drug-likeness (QED) is 0.653. The summed E-state index contributed by atoms with van der Waals surface area (Å²) in [5, 5.41) is 8.59. The van der Waals surface area contributed by atoms with Crippen molar-refractivity contribution in [2.45, 2.75) is 6.54 Å². The fourth-order valence-electron chi connectivity index (χ4n) is 1.04. The van der Waals surface area contributed by atoms with Gasteiger partial charge in [-0.3, -0.25) is 0 Å². The first-order chi connectivity index (χ1) is 6.24. The van der Waals surface area contributed by atoms with Gasteiger partial charge in [-0.1, -0.05) is 36.9 Å². The molecule has 0 heterocycles. The number of benzene rings is 1. The largest absolute Gasteiger partial charge is 0.362 e. The highest BCUT2D eigenvalue weighted by atomic mass is 15.1. The molecule has 2 nitrogen and oxygen atoms in total. The van der Waals surface area contributed by atoms with Crippen molar-refractivity contribution in [2.24, 2.45) is 0 Å². The second kappa shape index (κ2) is 4.32. The van der Waals surface area contributed by atoms with Crippen molar-refractivity contribution in [2.75, 3.05) is 7.05 Å². The molecule has 0 spiro atoms. The second-order valence-electron chi connectivity index (χ2n) is 2.90. The van der Waals surface area contributed by atoms with Crippen LogP contribution in [-0.4, -0.2) is 11.9 Å². The lowest BCUT2D eigenvalue weighted by Crippen LogP contribution is -2.15. The summed E-state index contributed by atoms with van der Waals surface area (Å²) in [6.45, 7) is 4.36. The van der Waals surface area contributed by atoms with Gasteiger partial charge >= 0.3 is 0 Å². The van der Waals surface area contributed by atoms with E-state index in [0.29, 0.717) is 5.70 Å². The first kappa shape index (κ1) is 9.34. The van der Waals surface area contributed by atoms with Crippen LogP contribution in [0.1, 0.15) is 5.56 Å². The predicted molar refractivity (Wildman–Crippen MR) is 52.7 cm³/mol. The summed E-state index contributed by atoms with van der Waals surface area (Å²) in [6, 6.07) is 12.0. The lowest BCUT2D eigenvalue weighted by molar-refractivity contribution is 0.429. The van der Waals surface area contributed by atoms with Crippen molar-refractivity contribution >= 4 is 0 Å². The third-order valence-corrected chi connectivity index (χ3v) is 1.85. The van der Waals surface area contributed by atoms with Gasteiger partial charge < -0.3 is 4.90 Å². The van der Waals surface area contributed by atoms with Crippen LogP contribution < -0.4 is 0 Å². The molecule has 0 aliphatic heterocycles. The Balaban J connectivity index is 2.61. The topological polar surface area (TPSA) is 27.0 Å². The van der Waals surface area contributed by atoms with Crippen molar-refractivity contribution in [3.8, 4) is 6.07 Å². The Bertz CT molecular complexity index is 322. The summed E-state index contributed by atoms with van der Waals surface area (Å²) < 4.78 is 0. The van der Waals surface area contributed by atoms with E-state index in [0.717, 1.165) is 6.54 Å². The van der Waals surface area contributed by atoms with Gasteiger partial charge in [-0.15, -0.1) is 0 Å². The summed E-state index contributed by atoms with van der Waals surface area (Å²) in [5.41, 5.74) is 1.67. The molecule has 1 rings (SSSR count). The van der Waals surface area contributed by atoms with Crippen molar-refractivity contribution in [3.05, 3.63) is 48.2 Å². The van der Waals surface area contributed by atoms with E-state index >= 15 is 0 Å². The van der Waals surface area contributed by atoms with Crippen LogP contribution in [0.15, 0.2) is 42.6 Å². The average Bonchev–Trinajstić information content (AvgIpc) is 2.18. The van der Waals surface area contributed by atoms with Gasteiger partial charge in [0.25, 0.3) is 0 Å². The van der Waals surface area contributed by atoms with Crippen LogP contribution in [0.5, 0.6) is 0 Å². The molecule has 0 unspecified atom stereocenters. The molecular formula is C11H12N2. The molecule has 0 atom stereocenters. The Hall–Kier alpha value is -1.75. The molecule has 1 aromatic rings. The summed E-state index contributed by atoms with van der Waals surface area (Å²) >= 11 is 0. The van der Waals surface area contributed by atoms with E-state index in [1.807, 2.05) is 48.3 Å². The Morgan fingerprint density at radius 1 is 1.46 bits per heavy atom. The Labute approximate surface area is 78.7 Å². The Kier molecular flexibility index (Phi) is 3.10. The smallest absolute Gasteiger partial charge is 0.116 e. The number of nitrogens with zero attached hydrogens (tertiary/aromatic N) is 2. The van der Waals surface area contributed by atoms with Gasteiger partial charge in [0.1, 0.15) is 11.8 Å². The van der Waals surface area contributed by atoms with E-state index in [-0.39, 0.29) is 0 Å². The lowest BCUT2D eigenvalue weighted by Gasteiger charge is -2.16. The zero-order valence-corrected chi connectivity index (χ0v) is 7.70. The molecule has 0 radical (unpaired) electrons. The summed E-state index contributed by atoms with van der Waals surface area (Å²) in [7, 11) is 1.86. The van der Waals surface area contributed by atoms with Gasteiger partial charge in [0.2, 0.25) is 0 Å². The van der Waals surface area contributed by atoms with Crippen molar-refractivity contribution in [1.82, 2.24) is 4.90 Å². The highest BCUT2D eigenvalue weighted by Crippen LogP contribution is 2.05. The molecule has 13 heavy (non-hydrogen) atoms. The maximum Gasteiger partial charge on any atom is 0.116 e. The van der Waals surface area contributed by atoms with Gasteiger partial charge in [0.05, 0.1) is 0 Å². The standard InChI is InChI=1S/C11H12N2/c1-10(8-12)13(2)9-11-6-4-3-5-7-11/h3-7H,1,9H2,2H3. The lowest BCUT2D eigenvalue weighted by atomic mass is 10.2. The van der Waals surface area contributed by atoms with Crippen LogP contribution in [0.3, 0.4) is 0 Å². The third kappa shape index (κ3) is 2.64. The number of rotatable bonds is 3. The van der Waals surface area contributed by atoms with Gasteiger partial charge in [-0.2, -0.15) is 5.26 Å². The summed E-state index contributed by atoms with van der Waals surface area (Å²) in [5.74, 6) is 0. The molecule has 2 heteroatoms. The van der Waals surface area contributed by atoms with E-state index in [9.17, 15) is 0 Å². The molecule has 66 valence electrons. The molecule has 0 saturated carbocycles. The predicted octanol–water partition coefficient (Wildman–Crippen LogP) is 2.16. The van der Waals surface area contributed by atoms with Crippen LogP contribution in [-0.2, 0) is 6.54 Å². The SMILES string of the molecule is C=C(C#N)N(C)Cc1ccccc1. The highest BCUT2D eigenvalue weighted by Gasteiger charge is 2.00. The van der Waals surface area contributed by atoms with Crippen LogP contribution in [0.4, 0.5) is 0 Å². The van der Waals surface area contributed by atoms with Crippen LogP contribution in [0, 0.1) is 11.3 Å². The van der Waals surface area contributed by atoms with Crippen LogP contribution in [0.25, 0.3) is 0 Å². The first-order valence-electron chi connectivity index (χ1n) is 4.08. The normalized spacial score (nSPS) is 8.92. The van der Waals surface area contributed by atoms with E-state index in [1.54, 1.807) is 0 Å². The van der Waals surface area contributed by atoms with Gasteiger partial charge in [0.15, 0.2) is 0 Å². The molecule has 0 amide bonds. The highest BCUT2D eigenvalue weighted by molar-refractivity contribution is 5.19. The van der Waals surface area contributed by atoms with Crippen LogP contribution in [0.2, 0.25) is 0 Å². The minimum atomic E-state index is 0.490. The molecule has 0 saturated heterocycles. The number of nitriles is 1. The Morgan fingerprint density at radius 3 is 2.62 bits per heavy atom. The number of hydrogen-bond acceptors (Lipinski definition) is 2. The molecule has 0 aromatic heterocycles. The minimum Gasteiger partial charge on any atom is -0.362 e. The minimum absolute atomic E-state index is 0.490. The van der Waals surface area contributed by atoms with E-state index in [4.69, 9.17) is 5.26 Å². The molecular weight excluding hydrogens is 160 g/mol.